The van der Waals surface area contributed by atoms with Crippen LogP contribution in [0.4, 0.5) is 23.1 Å². The maximum absolute atomic E-state index is 11.3. The molecule has 3 rings (SSSR count). The largest absolute Gasteiger partial charge is 0.340 e. The fraction of sp³-hybridized carbons (Fsp3) is 0.0556. The highest BCUT2D eigenvalue weighted by molar-refractivity contribution is 6.43. The molecule has 7 heteroatoms. The Balaban J connectivity index is 1.77. The molecule has 1 heterocycles. The number of benzene rings is 2. The molecule has 0 amide bonds. The summed E-state index contributed by atoms with van der Waals surface area (Å²) in [6.07, 6.45) is 1.63. The van der Waals surface area contributed by atoms with Crippen molar-refractivity contribution in [1.82, 2.24) is 9.97 Å². The molecule has 0 radical (unpaired) electrons. The van der Waals surface area contributed by atoms with E-state index in [2.05, 4.69) is 20.6 Å². The predicted octanol–water partition coefficient (Wildman–Crippen LogP) is 5.47. The molecule has 0 spiro atoms. The highest BCUT2D eigenvalue weighted by atomic mass is 35.5. The Kier molecular flexibility index (Phi) is 5.16. The Labute approximate surface area is 155 Å². The van der Waals surface area contributed by atoms with Gasteiger partial charge in [0.2, 0.25) is 5.95 Å². The number of nitrogens with one attached hydrogen (secondary N) is 2. The van der Waals surface area contributed by atoms with Gasteiger partial charge in [-0.1, -0.05) is 29.3 Å². The standard InChI is InChI=1S/C18H14Cl2N4O/c1-11(25)12-5-7-13(8-6-12)22-16-9-10-21-18(24-16)23-15-4-2-3-14(19)17(15)20/h2-10H,1H3,(H2,21,22,23,24). The summed E-state index contributed by atoms with van der Waals surface area (Å²) in [6.45, 7) is 1.53. The molecule has 0 aliphatic rings. The Bertz CT molecular complexity index is 913. The summed E-state index contributed by atoms with van der Waals surface area (Å²) in [5, 5.41) is 7.06. The van der Waals surface area contributed by atoms with Gasteiger partial charge in [-0.15, -0.1) is 0 Å². The fourth-order valence-electron chi connectivity index (χ4n) is 2.15. The SMILES string of the molecule is CC(=O)c1ccc(Nc2ccnc(Nc3cccc(Cl)c3Cl)n2)cc1. The molecule has 5 nitrogen and oxygen atoms in total. The van der Waals surface area contributed by atoms with Crippen molar-refractivity contribution in [3.63, 3.8) is 0 Å². The molecule has 0 aliphatic heterocycles. The van der Waals surface area contributed by atoms with Crippen molar-refractivity contribution in [3.05, 3.63) is 70.3 Å². The number of hydrogen-bond donors (Lipinski definition) is 2. The topological polar surface area (TPSA) is 66.9 Å². The zero-order valence-electron chi connectivity index (χ0n) is 13.3. The maximum atomic E-state index is 11.3. The number of carbonyl (C=O) groups excluding carboxylic acids is 1. The molecule has 0 bridgehead atoms. The van der Waals surface area contributed by atoms with Crippen LogP contribution in [0.15, 0.2) is 54.7 Å². The van der Waals surface area contributed by atoms with E-state index in [-0.39, 0.29) is 5.78 Å². The van der Waals surface area contributed by atoms with Crippen molar-refractivity contribution in [1.29, 1.82) is 0 Å². The van der Waals surface area contributed by atoms with Gasteiger partial charge < -0.3 is 10.6 Å². The van der Waals surface area contributed by atoms with Crippen LogP contribution in [0.25, 0.3) is 0 Å². The van der Waals surface area contributed by atoms with Crippen molar-refractivity contribution < 1.29 is 4.79 Å². The van der Waals surface area contributed by atoms with Gasteiger partial charge in [0.05, 0.1) is 15.7 Å². The van der Waals surface area contributed by atoms with Gasteiger partial charge in [-0.05, 0) is 49.4 Å². The van der Waals surface area contributed by atoms with Crippen LogP contribution < -0.4 is 10.6 Å². The number of Topliss-reactive ketones (excluding diaryl/α,β-unsaturated/α-hetero) is 1. The summed E-state index contributed by atoms with van der Waals surface area (Å²) < 4.78 is 0. The molecular weight excluding hydrogens is 359 g/mol. The van der Waals surface area contributed by atoms with Crippen LogP contribution in [0.2, 0.25) is 10.0 Å². The third-order valence-electron chi connectivity index (χ3n) is 3.42. The molecule has 0 saturated carbocycles. The number of halogens is 2. The number of aromatic nitrogens is 2. The lowest BCUT2D eigenvalue weighted by molar-refractivity contribution is 0.101. The van der Waals surface area contributed by atoms with Gasteiger partial charge in [-0.25, -0.2) is 4.98 Å². The van der Waals surface area contributed by atoms with Crippen LogP contribution in [0, 0.1) is 0 Å². The van der Waals surface area contributed by atoms with E-state index in [9.17, 15) is 4.79 Å². The number of ketones is 1. The Morgan fingerprint density at radius 2 is 1.76 bits per heavy atom. The third kappa shape index (κ3) is 4.26. The van der Waals surface area contributed by atoms with E-state index < -0.39 is 0 Å². The lowest BCUT2D eigenvalue weighted by Gasteiger charge is -2.10. The summed E-state index contributed by atoms with van der Waals surface area (Å²) in [5.41, 5.74) is 2.10. The van der Waals surface area contributed by atoms with Crippen LogP contribution in [0.1, 0.15) is 17.3 Å². The minimum atomic E-state index is 0.0264. The molecule has 0 atom stereocenters. The van der Waals surface area contributed by atoms with E-state index in [1.807, 2.05) is 12.1 Å². The highest BCUT2D eigenvalue weighted by Gasteiger charge is 2.07. The van der Waals surface area contributed by atoms with Crippen molar-refractivity contribution in [2.45, 2.75) is 6.92 Å². The van der Waals surface area contributed by atoms with Gasteiger partial charge in [-0.3, -0.25) is 4.79 Å². The number of hydrogen-bond acceptors (Lipinski definition) is 5. The molecule has 2 aromatic carbocycles. The second-order valence-electron chi connectivity index (χ2n) is 5.25. The average molecular weight is 373 g/mol. The first-order valence-electron chi connectivity index (χ1n) is 7.45. The van der Waals surface area contributed by atoms with E-state index in [0.717, 1.165) is 5.69 Å². The Morgan fingerprint density at radius 1 is 1.00 bits per heavy atom. The zero-order valence-corrected chi connectivity index (χ0v) is 14.8. The van der Waals surface area contributed by atoms with E-state index in [1.54, 1.807) is 42.6 Å². The summed E-state index contributed by atoms with van der Waals surface area (Å²) in [7, 11) is 0. The molecule has 0 saturated heterocycles. The van der Waals surface area contributed by atoms with Crippen LogP contribution in [0.5, 0.6) is 0 Å². The number of rotatable bonds is 5. The fourth-order valence-corrected chi connectivity index (χ4v) is 2.49. The lowest BCUT2D eigenvalue weighted by atomic mass is 10.1. The molecule has 0 fully saturated rings. The molecular formula is C18H14Cl2N4O. The average Bonchev–Trinajstić information content (AvgIpc) is 2.60. The van der Waals surface area contributed by atoms with Crippen molar-refractivity contribution in [2.75, 3.05) is 10.6 Å². The van der Waals surface area contributed by atoms with E-state index in [4.69, 9.17) is 23.2 Å². The van der Waals surface area contributed by atoms with Crippen LogP contribution in [-0.2, 0) is 0 Å². The van der Waals surface area contributed by atoms with Crippen molar-refractivity contribution >= 4 is 52.1 Å². The minimum Gasteiger partial charge on any atom is -0.340 e. The second-order valence-corrected chi connectivity index (χ2v) is 6.04. The van der Waals surface area contributed by atoms with Gasteiger partial charge in [0.25, 0.3) is 0 Å². The van der Waals surface area contributed by atoms with Crippen LogP contribution in [-0.4, -0.2) is 15.8 Å². The predicted molar refractivity (Wildman–Crippen MR) is 102 cm³/mol. The first kappa shape index (κ1) is 17.2. The van der Waals surface area contributed by atoms with E-state index in [0.29, 0.717) is 33.1 Å². The number of anilines is 4. The smallest absolute Gasteiger partial charge is 0.229 e. The molecule has 0 unspecified atom stereocenters. The number of carbonyl (C=O) groups is 1. The van der Waals surface area contributed by atoms with Gasteiger partial charge in [0.1, 0.15) is 5.82 Å². The van der Waals surface area contributed by atoms with Crippen molar-refractivity contribution in [3.8, 4) is 0 Å². The number of nitrogens with zero attached hydrogens (tertiary/aromatic N) is 2. The minimum absolute atomic E-state index is 0.0264. The monoisotopic (exact) mass is 372 g/mol. The molecule has 3 aromatic rings. The van der Waals surface area contributed by atoms with Crippen molar-refractivity contribution in [2.24, 2.45) is 0 Å². The second kappa shape index (κ2) is 7.51. The molecule has 0 aliphatic carbocycles. The normalized spacial score (nSPS) is 10.4. The summed E-state index contributed by atoms with van der Waals surface area (Å²) in [5.74, 6) is 1.01. The van der Waals surface area contributed by atoms with Crippen LogP contribution in [0.3, 0.4) is 0 Å². The van der Waals surface area contributed by atoms with Gasteiger partial charge in [0, 0.05) is 17.4 Å². The summed E-state index contributed by atoms with van der Waals surface area (Å²) in [6, 6.07) is 14.2. The maximum Gasteiger partial charge on any atom is 0.229 e. The molecule has 1 aromatic heterocycles. The van der Waals surface area contributed by atoms with E-state index >= 15 is 0 Å². The van der Waals surface area contributed by atoms with Gasteiger partial charge >= 0.3 is 0 Å². The lowest BCUT2D eigenvalue weighted by Crippen LogP contribution is -2.01. The zero-order chi connectivity index (χ0) is 17.8. The first-order valence-corrected chi connectivity index (χ1v) is 8.20. The molecule has 126 valence electrons. The molecule has 25 heavy (non-hydrogen) atoms. The Hall–Kier alpha value is -2.63. The summed E-state index contributed by atoms with van der Waals surface area (Å²) >= 11 is 12.2. The van der Waals surface area contributed by atoms with E-state index in [1.165, 1.54) is 6.92 Å². The van der Waals surface area contributed by atoms with Crippen LogP contribution >= 0.6 is 23.2 Å². The van der Waals surface area contributed by atoms with Gasteiger partial charge in [0.15, 0.2) is 5.78 Å². The highest BCUT2D eigenvalue weighted by Crippen LogP contribution is 2.31. The third-order valence-corrected chi connectivity index (χ3v) is 4.24. The van der Waals surface area contributed by atoms with Gasteiger partial charge in [-0.2, -0.15) is 4.98 Å². The quantitative estimate of drug-likeness (QED) is 0.580. The molecule has 2 N–H and O–H groups in total. The summed E-state index contributed by atoms with van der Waals surface area (Å²) in [4.78, 5) is 19.9. The Morgan fingerprint density at radius 3 is 2.48 bits per heavy atom. The first-order chi connectivity index (χ1) is 12.0.